The number of hydrogen-bond donors (Lipinski definition) is 1. The Morgan fingerprint density at radius 1 is 1.10 bits per heavy atom. The fraction of sp³-hybridized carbons (Fsp3) is 0.706. The molecule has 4 fully saturated rings. The quantitative estimate of drug-likeness (QED) is 0.351. The smallest absolute Gasteiger partial charge is 0.246 e. The van der Waals surface area contributed by atoms with Crippen molar-refractivity contribution >= 4 is 22.7 Å². The van der Waals surface area contributed by atoms with Crippen LogP contribution in [0.3, 0.4) is 0 Å². The number of carbonyl (C=O) groups is 2. The van der Waals surface area contributed by atoms with E-state index in [0.29, 0.717) is 37.8 Å². The lowest BCUT2D eigenvalue weighted by atomic mass is 9.79. The van der Waals surface area contributed by atoms with Crippen molar-refractivity contribution in [1.82, 2.24) is 19.7 Å². The second-order valence-electron chi connectivity index (χ2n) is 13.7. The maximum Gasteiger partial charge on any atom is 0.246 e. The van der Waals surface area contributed by atoms with E-state index >= 15 is 0 Å². The first kappa shape index (κ1) is 29.6. The summed E-state index contributed by atoms with van der Waals surface area (Å²) >= 11 is 0. The van der Waals surface area contributed by atoms with E-state index in [1.54, 1.807) is 0 Å². The first-order valence-electron chi connectivity index (χ1n) is 16.6. The predicted octanol–water partition coefficient (Wildman–Crippen LogP) is 5.60. The molecule has 230 valence electrons. The van der Waals surface area contributed by atoms with Crippen molar-refractivity contribution in [3.05, 3.63) is 36.0 Å². The van der Waals surface area contributed by atoms with Gasteiger partial charge in [-0.2, -0.15) is 0 Å². The summed E-state index contributed by atoms with van der Waals surface area (Å²) in [6, 6.07) is 8.46. The minimum Gasteiger partial charge on any atom is -0.348 e. The SMILES string of the molecule is CCCCN1C(=O)[C@H](CC2CCCCC2)NC(=O)C12CCN(Cc1ccc3c(ccn3C3OC3OCC(C)C)c1)CC2. The molecule has 0 bridgehead atoms. The largest absolute Gasteiger partial charge is 0.348 e. The third-order valence-electron chi connectivity index (χ3n) is 10.0. The number of piperidine rings is 1. The van der Waals surface area contributed by atoms with Gasteiger partial charge in [0, 0.05) is 32.4 Å². The summed E-state index contributed by atoms with van der Waals surface area (Å²) in [6.07, 6.45) is 12.2. The van der Waals surface area contributed by atoms with Gasteiger partial charge in [-0.3, -0.25) is 14.5 Å². The monoisotopic (exact) mass is 578 g/mol. The Morgan fingerprint density at radius 2 is 1.88 bits per heavy atom. The Morgan fingerprint density at radius 3 is 2.62 bits per heavy atom. The number of piperazine rings is 1. The summed E-state index contributed by atoms with van der Waals surface area (Å²) in [5.74, 6) is 1.29. The first-order valence-corrected chi connectivity index (χ1v) is 16.6. The normalized spacial score (nSPS) is 26.9. The molecule has 1 saturated carbocycles. The summed E-state index contributed by atoms with van der Waals surface area (Å²) in [4.78, 5) is 32.1. The summed E-state index contributed by atoms with van der Waals surface area (Å²) in [7, 11) is 0. The van der Waals surface area contributed by atoms with E-state index in [4.69, 9.17) is 9.47 Å². The van der Waals surface area contributed by atoms with Gasteiger partial charge in [0.05, 0.1) is 12.1 Å². The van der Waals surface area contributed by atoms with E-state index in [-0.39, 0.29) is 30.4 Å². The van der Waals surface area contributed by atoms with Gasteiger partial charge < -0.3 is 24.3 Å². The molecule has 1 spiro atoms. The second-order valence-corrected chi connectivity index (χ2v) is 13.7. The van der Waals surface area contributed by atoms with Crippen LogP contribution in [0.1, 0.15) is 96.8 Å². The summed E-state index contributed by atoms with van der Waals surface area (Å²) in [6.45, 7) is 10.3. The highest BCUT2D eigenvalue weighted by Crippen LogP contribution is 2.39. The van der Waals surface area contributed by atoms with Crippen LogP contribution in [0, 0.1) is 11.8 Å². The van der Waals surface area contributed by atoms with Crippen LogP contribution in [-0.4, -0.2) is 70.3 Å². The molecule has 4 aliphatic rings. The van der Waals surface area contributed by atoms with Crippen molar-refractivity contribution in [1.29, 1.82) is 0 Å². The van der Waals surface area contributed by atoms with Gasteiger partial charge >= 0.3 is 0 Å². The third kappa shape index (κ3) is 6.13. The molecule has 3 aliphatic heterocycles. The number of likely N-dealkylation sites (tertiary alicyclic amines) is 1. The van der Waals surface area contributed by atoms with Crippen LogP contribution >= 0.6 is 0 Å². The van der Waals surface area contributed by atoms with E-state index in [9.17, 15) is 9.59 Å². The van der Waals surface area contributed by atoms with Gasteiger partial charge in [-0.1, -0.05) is 65.4 Å². The lowest BCUT2D eigenvalue weighted by Crippen LogP contribution is -2.73. The van der Waals surface area contributed by atoms with Crippen molar-refractivity contribution in [2.24, 2.45) is 11.8 Å². The zero-order valence-electron chi connectivity index (χ0n) is 25.9. The van der Waals surface area contributed by atoms with Gasteiger partial charge in [-0.25, -0.2) is 0 Å². The van der Waals surface area contributed by atoms with Crippen LogP contribution in [0.5, 0.6) is 0 Å². The topological polar surface area (TPSA) is 79.3 Å². The Hall–Kier alpha value is -2.42. The van der Waals surface area contributed by atoms with E-state index < -0.39 is 5.54 Å². The van der Waals surface area contributed by atoms with Crippen LogP contribution in [0.4, 0.5) is 0 Å². The molecule has 8 heteroatoms. The molecule has 2 aromatic rings. The number of aromatic nitrogens is 1. The van der Waals surface area contributed by atoms with Gasteiger partial charge in [0.1, 0.15) is 11.6 Å². The number of benzene rings is 1. The zero-order chi connectivity index (χ0) is 29.3. The van der Waals surface area contributed by atoms with Crippen molar-refractivity contribution < 1.29 is 19.1 Å². The molecule has 1 aliphatic carbocycles. The predicted molar refractivity (Wildman–Crippen MR) is 164 cm³/mol. The average Bonchev–Trinajstić information content (AvgIpc) is 3.65. The number of ether oxygens (including phenoxy) is 2. The molecule has 3 atom stereocenters. The van der Waals surface area contributed by atoms with Crippen molar-refractivity contribution in [2.75, 3.05) is 26.2 Å². The number of rotatable bonds is 11. The minimum absolute atomic E-state index is 0.0485. The Balaban J connectivity index is 1.08. The number of nitrogens with one attached hydrogen (secondary N) is 1. The molecule has 6 rings (SSSR count). The zero-order valence-corrected chi connectivity index (χ0v) is 25.9. The van der Waals surface area contributed by atoms with Crippen molar-refractivity contribution in [3.63, 3.8) is 0 Å². The van der Waals surface area contributed by atoms with Crippen LogP contribution in [0.25, 0.3) is 10.9 Å². The average molecular weight is 579 g/mol. The highest BCUT2D eigenvalue weighted by atomic mass is 16.8. The van der Waals surface area contributed by atoms with Crippen molar-refractivity contribution in [3.8, 4) is 0 Å². The summed E-state index contributed by atoms with van der Waals surface area (Å²) in [5, 5.41) is 4.43. The molecule has 3 saturated heterocycles. The maximum absolute atomic E-state index is 13.8. The van der Waals surface area contributed by atoms with Crippen molar-refractivity contribution in [2.45, 2.75) is 116 Å². The minimum atomic E-state index is -0.703. The molecule has 1 aromatic heterocycles. The first-order chi connectivity index (χ1) is 20.4. The lowest BCUT2D eigenvalue weighted by Gasteiger charge is -2.52. The Labute approximate surface area is 251 Å². The fourth-order valence-corrected chi connectivity index (χ4v) is 7.50. The lowest BCUT2D eigenvalue weighted by molar-refractivity contribution is -0.162. The van der Waals surface area contributed by atoms with E-state index in [2.05, 4.69) is 66.0 Å². The molecule has 2 amide bonds. The molecule has 8 nitrogen and oxygen atoms in total. The van der Waals surface area contributed by atoms with E-state index in [0.717, 1.165) is 44.4 Å². The van der Waals surface area contributed by atoms with Gasteiger partial charge in [0.15, 0.2) is 6.23 Å². The molecule has 42 heavy (non-hydrogen) atoms. The third-order valence-corrected chi connectivity index (χ3v) is 10.0. The number of carbonyl (C=O) groups excluding carboxylic acids is 2. The van der Waals surface area contributed by atoms with E-state index in [1.165, 1.54) is 43.1 Å². The molecule has 4 heterocycles. The number of unbranched alkanes of at least 4 members (excludes halogenated alkanes) is 1. The molecule has 1 N–H and O–H groups in total. The molecular formula is C34H50N4O4. The Kier molecular flexibility index (Phi) is 8.94. The fourth-order valence-electron chi connectivity index (χ4n) is 7.50. The van der Waals surface area contributed by atoms with Gasteiger partial charge in [0.2, 0.25) is 18.1 Å². The standard InChI is InChI=1S/C34H50N4O4/c1-4-5-16-38-30(39)28(21-25-9-7-6-8-10-25)35-33(40)34(38)14-18-36(19-15-34)22-26-11-12-29-27(20-26)13-17-37(29)31-32(42-31)41-23-24(2)3/h11-13,17,20,24-25,28,31-32H,4-10,14-16,18-19,21-23H2,1-3H3,(H,35,40)/t28-,31?,32?/m0/s1. The van der Waals surface area contributed by atoms with Crippen LogP contribution in [0.2, 0.25) is 0 Å². The van der Waals surface area contributed by atoms with Crippen LogP contribution in [0.15, 0.2) is 30.5 Å². The van der Waals surface area contributed by atoms with Gasteiger partial charge in [0.25, 0.3) is 0 Å². The maximum atomic E-state index is 13.8. The number of nitrogens with zero attached hydrogens (tertiary/aromatic N) is 3. The Bertz CT molecular complexity index is 1240. The second kappa shape index (κ2) is 12.7. The molecule has 1 aromatic carbocycles. The van der Waals surface area contributed by atoms with Crippen LogP contribution < -0.4 is 5.32 Å². The molecule has 2 unspecified atom stereocenters. The number of epoxide rings is 1. The van der Waals surface area contributed by atoms with Crippen LogP contribution in [-0.2, 0) is 25.6 Å². The molecule has 0 radical (unpaired) electrons. The van der Waals surface area contributed by atoms with Gasteiger partial charge in [-0.15, -0.1) is 0 Å². The summed E-state index contributed by atoms with van der Waals surface area (Å²) in [5.41, 5.74) is 1.72. The molecular weight excluding hydrogens is 528 g/mol. The summed E-state index contributed by atoms with van der Waals surface area (Å²) < 4.78 is 13.8. The number of amides is 2. The van der Waals surface area contributed by atoms with E-state index in [1.807, 2.05) is 4.90 Å². The van der Waals surface area contributed by atoms with Gasteiger partial charge in [-0.05, 0) is 66.7 Å². The number of hydrogen-bond acceptors (Lipinski definition) is 5. The highest BCUT2D eigenvalue weighted by Gasteiger charge is 2.53. The highest BCUT2D eigenvalue weighted by molar-refractivity contribution is 6.00. The number of fused-ring (bicyclic) bond motifs is 1.